The van der Waals surface area contributed by atoms with Crippen LogP contribution in [-0.2, 0) is 10.2 Å². The van der Waals surface area contributed by atoms with Gasteiger partial charge in [0.25, 0.3) is 5.69 Å². The predicted molar refractivity (Wildman–Crippen MR) is 63.9 cm³/mol. The Kier molecular flexibility index (Phi) is 2.96. The Balaban J connectivity index is 2.58. The van der Waals surface area contributed by atoms with Crippen LogP contribution in [0.15, 0.2) is 24.3 Å². The van der Waals surface area contributed by atoms with Gasteiger partial charge in [0, 0.05) is 11.6 Å². The van der Waals surface area contributed by atoms with Gasteiger partial charge in [0.1, 0.15) is 5.78 Å². The number of carbonyl (C=O) groups is 1. The van der Waals surface area contributed by atoms with E-state index in [9.17, 15) is 14.9 Å². The molecular weight excluding hydrogens is 218 g/mol. The van der Waals surface area contributed by atoms with Crippen molar-refractivity contribution in [2.75, 3.05) is 0 Å². The molecule has 0 radical (unpaired) electrons. The van der Waals surface area contributed by atoms with E-state index in [4.69, 9.17) is 0 Å². The number of ketones is 1. The van der Waals surface area contributed by atoms with Crippen LogP contribution in [0.2, 0.25) is 0 Å². The molecule has 0 saturated heterocycles. The van der Waals surface area contributed by atoms with Crippen LogP contribution in [0.5, 0.6) is 0 Å². The van der Waals surface area contributed by atoms with Crippen molar-refractivity contribution in [1.82, 2.24) is 0 Å². The number of hydrogen-bond acceptors (Lipinski definition) is 3. The summed E-state index contributed by atoms with van der Waals surface area (Å²) in [5, 5.41) is 11.0. The van der Waals surface area contributed by atoms with E-state index in [-0.39, 0.29) is 11.5 Å². The van der Waals surface area contributed by atoms with Crippen LogP contribution in [0.3, 0.4) is 0 Å². The number of nitrogens with zero attached hydrogens (tertiary/aromatic N) is 1. The molecule has 90 valence electrons. The van der Waals surface area contributed by atoms with Crippen molar-refractivity contribution in [3.63, 3.8) is 0 Å². The van der Waals surface area contributed by atoms with Crippen molar-refractivity contribution in [1.29, 1.82) is 0 Å². The minimum atomic E-state index is -0.621. The third-order valence-corrected chi connectivity index (χ3v) is 3.75. The number of benzene rings is 1. The van der Waals surface area contributed by atoms with Crippen molar-refractivity contribution in [2.24, 2.45) is 0 Å². The van der Waals surface area contributed by atoms with Crippen LogP contribution in [0.4, 0.5) is 5.69 Å². The Morgan fingerprint density at radius 1 is 1.29 bits per heavy atom. The molecule has 1 aliphatic carbocycles. The summed E-state index contributed by atoms with van der Waals surface area (Å²) in [5.74, 6) is 0.0456. The number of nitro benzene ring substituents is 1. The molecule has 0 amide bonds. The molecule has 1 aromatic rings. The number of nitro groups is 1. The molecule has 1 saturated carbocycles. The van der Waals surface area contributed by atoms with E-state index in [1.807, 2.05) is 0 Å². The fraction of sp³-hybridized carbons (Fsp3) is 0.462. The second-order valence-corrected chi connectivity index (χ2v) is 4.62. The SMILES string of the molecule is CC(=O)C1(c2ccccc2[N+](=O)[O-])CCCC1. The molecule has 4 nitrogen and oxygen atoms in total. The summed E-state index contributed by atoms with van der Waals surface area (Å²) in [6, 6.07) is 6.62. The Labute approximate surface area is 99.8 Å². The first-order chi connectivity index (χ1) is 8.08. The molecule has 0 atom stereocenters. The highest BCUT2D eigenvalue weighted by molar-refractivity contribution is 5.89. The van der Waals surface area contributed by atoms with Gasteiger partial charge in [-0.2, -0.15) is 0 Å². The number of rotatable bonds is 3. The quantitative estimate of drug-likeness (QED) is 0.595. The van der Waals surface area contributed by atoms with Crippen LogP contribution < -0.4 is 0 Å². The van der Waals surface area contributed by atoms with E-state index in [0.29, 0.717) is 5.56 Å². The zero-order valence-electron chi connectivity index (χ0n) is 9.81. The van der Waals surface area contributed by atoms with Crippen LogP contribution >= 0.6 is 0 Å². The zero-order chi connectivity index (χ0) is 12.5. The van der Waals surface area contributed by atoms with Crippen LogP contribution in [0, 0.1) is 10.1 Å². The smallest absolute Gasteiger partial charge is 0.273 e. The van der Waals surface area contributed by atoms with E-state index in [2.05, 4.69) is 0 Å². The highest BCUT2D eigenvalue weighted by Gasteiger charge is 2.43. The monoisotopic (exact) mass is 233 g/mol. The molecule has 0 bridgehead atoms. The van der Waals surface area contributed by atoms with Crippen molar-refractivity contribution < 1.29 is 9.72 Å². The fourth-order valence-corrected chi connectivity index (χ4v) is 2.83. The van der Waals surface area contributed by atoms with Crippen LogP contribution in [0.1, 0.15) is 38.2 Å². The molecule has 1 aromatic carbocycles. The lowest BCUT2D eigenvalue weighted by Gasteiger charge is -2.25. The lowest BCUT2D eigenvalue weighted by molar-refractivity contribution is -0.386. The topological polar surface area (TPSA) is 60.2 Å². The lowest BCUT2D eigenvalue weighted by atomic mass is 9.75. The Morgan fingerprint density at radius 2 is 1.88 bits per heavy atom. The second-order valence-electron chi connectivity index (χ2n) is 4.62. The largest absolute Gasteiger partial charge is 0.299 e. The Bertz CT molecular complexity index is 461. The molecule has 0 unspecified atom stereocenters. The summed E-state index contributed by atoms with van der Waals surface area (Å²) in [5.41, 5.74) is 0.0449. The van der Waals surface area contributed by atoms with Crippen LogP contribution in [-0.4, -0.2) is 10.7 Å². The first-order valence-corrected chi connectivity index (χ1v) is 5.83. The molecule has 0 spiro atoms. The van der Waals surface area contributed by atoms with Gasteiger partial charge >= 0.3 is 0 Å². The lowest BCUT2D eigenvalue weighted by Crippen LogP contribution is -2.31. The van der Waals surface area contributed by atoms with Gasteiger partial charge in [-0.25, -0.2) is 0 Å². The summed E-state index contributed by atoms with van der Waals surface area (Å²) >= 11 is 0. The molecular formula is C13H15NO3. The average Bonchev–Trinajstić information content (AvgIpc) is 2.79. The Hall–Kier alpha value is -1.71. The summed E-state index contributed by atoms with van der Waals surface area (Å²) in [7, 11) is 0. The summed E-state index contributed by atoms with van der Waals surface area (Å²) in [4.78, 5) is 22.6. The zero-order valence-corrected chi connectivity index (χ0v) is 9.81. The molecule has 1 aliphatic rings. The molecule has 0 aliphatic heterocycles. The van der Waals surface area contributed by atoms with E-state index < -0.39 is 10.3 Å². The molecule has 0 heterocycles. The maximum atomic E-state index is 11.9. The Morgan fingerprint density at radius 3 is 2.41 bits per heavy atom. The number of carbonyl (C=O) groups excluding carboxylic acids is 1. The predicted octanol–water partition coefficient (Wildman–Crippen LogP) is 3.00. The van der Waals surface area contributed by atoms with Gasteiger partial charge in [-0.15, -0.1) is 0 Å². The number of hydrogen-bond donors (Lipinski definition) is 0. The molecule has 0 N–H and O–H groups in total. The minimum absolute atomic E-state index is 0.0456. The first-order valence-electron chi connectivity index (χ1n) is 5.83. The van der Waals surface area contributed by atoms with E-state index in [0.717, 1.165) is 25.7 Å². The van der Waals surface area contributed by atoms with Gasteiger partial charge in [-0.1, -0.05) is 31.0 Å². The van der Waals surface area contributed by atoms with Gasteiger partial charge in [0.2, 0.25) is 0 Å². The maximum Gasteiger partial charge on any atom is 0.273 e. The molecule has 17 heavy (non-hydrogen) atoms. The highest BCUT2D eigenvalue weighted by atomic mass is 16.6. The molecule has 2 rings (SSSR count). The first kappa shape index (κ1) is 11.8. The average molecular weight is 233 g/mol. The number of Topliss-reactive ketones (excluding diaryl/α,β-unsaturated/α-hetero) is 1. The third kappa shape index (κ3) is 1.84. The van der Waals surface area contributed by atoms with Crippen molar-refractivity contribution >= 4 is 11.5 Å². The van der Waals surface area contributed by atoms with Gasteiger partial charge in [0.15, 0.2) is 0 Å². The normalized spacial score (nSPS) is 17.9. The van der Waals surface area contributed by atoms with E-state index in [1.165, 1.54) is 6.07 Å². The van der Waals surface area contributed by atoms with Gasteiger partial charge in [-0.3, -0.25) is 14.9 Å². The number of para-hydroxylation sites is 1. The van der Waals surface area contributed by atoms with Gasteiger partial charge in [-0.05, 0) is 19.8 Å². The third-order valence-electron chi connectivity index (χ3n) is 3.75. The summed E-state index contributed by atoms with van der Waals surface area (Å²) < 4.78 is 0. The van der Waals surface area contributed by atoms with Crippen molar-refractivity contribution in [3.05, 3.63) is 39.9 Å². The fourth-order valence-electron chi connectivity index (χ4n) is 2.83. The summed E-state index contributed by atoms with van der Waals surface area (Å²) in [6.45, 7) is 1.54. The van der Waals surface area contributed by atoms with E-state index >= 15 is 0 Å². The van der Waals surface area contributed by atoms with Gasteiger partial charge < -0.3 is 0 Å². The molecule has 0 aromatic heterocycles. The molecule has 1 fully saturated rings. The van der Waals surface area contributed by atoms with Crippen molar-refractivity contribution in [3.8, 4) is 0 Å². The second kappa shape index (κ2) is 4.28. The highest BCUT2D eigenvalue weighted by Crippen LogP contribution is 2.45. The summed E-state index contributed by atoms with van der Waals surface area (Å²) in [6.07, 6.45) is 3.39. The standard InChI is InChI=1S/C13H15NO3/c1-10(15)13(8-4-5-9-13)11-6-2-3-7-12(11)14(16)17/h2-3,6-7H,4-5,8-9H2,1H3. The van der Waals surface area contributed by atoms with Crippen molar-refractivity contribution in [2.45, 2.75) is 38.0 Å². The maximum absolute atomic E-state index is 11.9. The van der Waals surface area contributed by atoms with E-state index in [1.54, 1.807) is 25.1 Å². The minimum Gasteiger partial charge on any atom is -0.299 e. The van der Waals surface area contributed by atoms with Gasteiger partial charge in [0.05, 0.1) is 10.3 Å². The molecule has 4 heteroatoms. The van der Waals surface area contributed by atoms with Crippen LogP contribution in [0.25, 0.3) is 0 Å².